The lowest BCUT2D eigenvalue weighted by Gasteiger charge is -2.17. The van der Waals surface area contributed by atoms with Crippen LogP contribution in [-0.4, -0.2) is 21.9 Å². The van der Waals surface area contributed by atoms with E-state index in [1.165, 1.54) is 28.0 Å². The molecule has 0 aliphatic heterocycles. The first kappa shape index (κ1) is 19.9. The topological polar surface area (TPSA) is 90.7 Å². The van der Waals surface area contributed by atoms with Crippen LogP contribution >= 0.6 is 34.4 Å². The summed E-state index contributed by atoms with van der Waals surface area (Å²) in [6.45, 7) is 2.23. The van der Waals surface area contributed by atoms with Gasteiger partial charge in [0.15, 0.2) is 4.34 Å². The Labute approximate surface area is 181 Å². The maximum atomic E-state index is 12.4. The van der Waals surface area contributed by atoms with Crippen molar-refractivity contribution in [2.75, 3.05) is 16.4 Å². The van der Waals surface area contributed by atoms with Gasteiger partial charge in [-0.25, -0.2) is 0 Å². The van der Waals surface area contributed by atoms with Gasteiger partial charge in [0.05, 0.1) is 11.3 Å². The van der Waals surface area contributed by atoms with E-state index in [1.807, 2.05) is 30.3 Å². The first-order chi connectivity index (χ1) is 14.1. The SMILES string of the molecule is C[C@H]1CCc2c(sc(NC(=O)CSc3nnc(Nc4ccccc4)s3)c2C#N)C1. The zero-order valence-electron chi connectivity index (χ0n) is 15.8. The van der Waals surface area contributed by atoms with Gasteiger partial charge in [-0.2, -0.15) is 5.26 Å². The molecule has 2 heterocycles. The van der Waals surface area contributed by atoms with E-state index in [4.69, 9.17) is 0 Å². The van der Waals surface area contributed by atoms with Gasteiger partial charge < -0.3 is 10.6 Å². The van der Waals surface area contributed by atoms with Crippen LogP contribution in [0.5, 0.6) is 0 Å². The molecule has 0 radical (unpaired) electrons. The second-order valence-corrected chi connectivity index (χ2v) is 10.2. The molecule has 0 saturated heterocycles. The molecule has 4 rings (SSSR count). The average Bonchev–Trinajstić information content (AvgIpc) is 3.30. The summed E-state index contributed by atoms with van der Waals surface area (Å²) in [4.78, 5) is 13.7. The zero-order chi connectivity index (χ0) is 20.2. The summed E-state index contributed by atoms with van der Waals surface area (Å²) in [5.74, 6) is 0.720. The van der Waals surface area contributed by atoms with E-state index in [1.54, 1.807) is 11.3 Å². The third-order valence-corrected chi connectivity index (χ3v) is 7.78. The fourth-order valence-electron chi connectivity index (χ4n) is 3.21. The molecule has 2 N–H and O–H groups in total. The summed E-state index contributed by atoms with van der Waals surface area (Å²) in [5.41, 5.74) is 2.71. The molecular formula is C20H19N5OS3. The maximum absolute atomic E-state index is 12.4. The Morgan fingerprint density at radius 1 is 1.31 bits per heavy atom. The maximum Gasteiger partial charge on any atom is 0.235 e. The zero-order valence-corrected chi connectivity index (χ0v) is 18.2. The summed E-state index contributed by atoms with van der Waals surface area (Å²) in [6, 6.07) is 12.0. The Morgan fingerprint density at radius 2 is 2.14 bits per heavy atom. The van der Waals surface area contributed by atoms with E-state index in [-0.39, 0.29) is 11.7 Å². The highest BCUT2D eigenvalue weighted by Crippen LogP contribution is 2.39. The number of carbonyl (C=O) groups excluding carboxylic acids is 1. The molecule has 0 fully saturated rings. The Hall–Kier alpha value is -2.41. The van der Waals surface area contributed by atoms with Crippen molar-refractivity contribution in [1.29, 1.82) is 5.26 Å². The number of anilines is 3. The minimum absolute atomic E-state index is 0.133. The molecule has 6 nitrogen and oxygen atoms in total. The van der Waals surface area contributed by atoms with Crippen LogP contribution in [-0.2, 0) is 17.6 Å². The smallest absolute Gasteiger partial charge is 0.235 e. The van der Waals surface area contributed by atoms with Crippen LogP contribution in [0.3, 0.4) is 0 Å². The van der Waals surface area contributed by atoms with Crippen LogP contribution in [0.4, 0.5) is 15.8 Å². The predicted molar refractivity (Wildman–Crippen MR) is 119 cm³/mol. The third-order valence-electron chi connectivity index (χ3n) is 4.63. The third kappa shape index (κ3) is 4.78. The van der Waals surface area contributed by atoms with E-state index < -0.39 is 0 Å². The highest BCUT2D eigenvalue weighted by atomic mass is 32.2. The fourth-order valence-corrected chi connectivity index (χ4v) is 6.16. The fraction of sp³-hybridized carbons (Fsp3) is 0.300. The van der Waals surface area contributed by atoms with Crippen molar-refractivity contribution >= 4 is 56.2 Å². The molecule has 0 saturated carbocycles. The molecule has 0 unspecified atom stereocenters. The summed E-state index contributed by atoms with van der Waals surface area (Å²) in [5, 5.41) is 25.3. The number of nitrogens with one attached hydrogen (secondary N) is 2. The van der Waals surface area contributed by atoms with Gasteiger partial charge in [0.1, 0.15) is 11.1 Å². The van der Waals surface area contributed by atoms with Gasteiger partial charge in [-0.15, -0.1) is 21.5 Å². The molecular weight excluding hydrogens is 422 g/mol. The van der Waals surface area contributed by atoms with Crippen molar-refractivity contribution in [3.8, 4) is 6.07 Å². The van der Waals surface area contributed by atoms with Gasteiger partial charge in [-0.3, -0.25) is 4.79 Å². The number of hydrogen-bond acceptors (Lipinski definition) is 8. The molecule has 1 aliphatic carbocycles. The van der Waals surface area contributed by atoms with Crippen LogP contribution < -0.4 is 10.6 Å². The highest BCUT2D eigenvalue weighted by Gasteiger charge is 2.24. The molecule has 0 spiro atoms. The summed E-state index contributed by atoms with van der Waals surface area (Å²) >= 11 is 4.29. The quantitative estimate of drug-likeness (QED) is 0.519. The van der Waals surface area contributed by atoms with E-state index >= 15 is 0 Å². The van der Waals surface area contributed by atoms with Crippen molar-refractivity contribution in [2.24, 2.45) is 5.92 Å². The molecule has 0 bridgehead atoms. The highest BCUT2D eigenvalue weighted by molar-refractivity contribution is 8.01. The largest absolute Gasteiger partial charge is 0.330 e. The summed E-state index contributed by atoms with van der Waals surface area (Å²) in [6.07, 6.45) is 3.00. The lowest BCUT2D eigenvalue weighted by atomic mass is 9.89. The number of thiophene rings is 1. The predicted octanol–water partition coefficient (Wildman–Crippen LogP) is 5.07. The van der Waals surface area contributed by atoms with Crippen LogP contribution in [0.2, 0.25) is 0 Å². The second kappa shape index (κ2) is 8.95. The Kier molecular flexibility index (Phi) is 6.13. The van der Waals surface area contributed by atoms with E-state index in [0.29, 0.717) is 21.6 Å². The van der Waals surface area contributed by atoms with Crippen molar-refractivity contribution < 1.29 is 4.79 Å². The summed E-state index contributed by atoms with van der Waals surface area (Å²) < 4.78 is 0.721. The van der Waals surface area contributed by atoms with Crippen LogP contribution in [0.15, 0.2) is 34.7 Å². The molecule has 29 heavy (non-hydrogen) atoms. The molecule has 1 aromatic carbocycles. The Morgan fingerprint density at radius 3 is 2.93 bits per heavy atom. The van der Waals surface area contributed by atoms with Gasteiger partial charge in [0.25, 0.3) is 0 Å². The van der Waals surface area contributed by atoms with Gasteiger partial charge in [-0.1, -0.05) is 48.2 Å². The molecule has 3 aromatic rings. The van der Waals surface area contributed by atoms with Crippen molar-refractivity contribution in [1.82, 2.24) is 10.2 Å². The lowest BCUT2D eigenvalue weighted by Crippen LogP contribution is -2.14. The van der Waals surface area contributed by atoms with Gasteiger partial charge >= 0.3 is 0 Å². The summed E-state index contributed by atoms with van der Waals surface area (Å²) in [7, 11) is 0. The first-order valence-electron chi connectivity index (χ1n) is 9.25. The van der Waals surface area contributed by atoms with E-state index in [9.17, 15) is 10.1 Å². The van der Waals surface area contributed by atoms with Gasteiger partial charge in [0.2, 0.25) is 11.0 Å². The number of para-hydroxylation sites is 1. The van der Waals surface area contributed by atoms with Gasteiger partial charge in [0, 0.05) is 10.6 Å². The minimum atomic E-state index is -0.133. The molecule has 2 aromatic heterocycles. The molecule has 1 amide bonds. The number of thioether (sulfide) groups is 1. The number of carbonyl (C=O) groups is 1. The number of aromatic nitrogens is 2. The molecule has 9 heteroatoms. The standard InChI is InChI=1S/C20H19N5OS3/c1-12-7-8-14-15(10-21)18(28-16(14)9-12)23-17(26)11-27-20-25-24-19(29-20)22-13-5-3-2-4-6-13/h2-6,12H,7-9,11H2,1H3,(H,22,24)(H,23,26)/t12-/m0/s1. The minimum Gasteiger partial charge on any atom is -0.330 e. The number of hydrogen-bond donors (Lipinski definition) is 2. The number of nitrogens with zero attached hydrogens (tertiary/aromatic N) is 3. The van der Waals surface area contributed by atoms with Crippen molar-refractivity contribution in [3.63, 3.8) is 0 Å². The van der Waals surface area contributed by atoms with Crippen molar-refractivity contribution in [2.45, 2.75) is 30.5 Å². The first-order valence-corrected chi connectivity index (χ1v) is 11.9. The van der Waals surface area contributed by atoms with Crippen molar-refractivity contribution in [3.05, 3.63) is 46.3 Å². The number of fused-ring (bicyclic) bond motifs is 1. The normalized spacial score (nSPS) is 15.4. The number of benzene rings is 1. The average molecular weight is 442 g/mol. The van der Waals surface area contributed by atoms with Crippen LogP contribution in [0, 0.1) is 17.2 Å². The number of rotatable bonds is 6. The Balaban J connectivity index is 1.35. The lowest BCUT2D eigenvalue weighted by molar-refractivity contribution is -0.113. The van der Waals surface area contributed by atoms with Gasteiger partial charge in [-0.05, 0) is 42.9 Å². The van der Waals surface area contributed by atoms with Crippen LogP contribution in [0.25, 0.3) is 0 Å². The second-order valence-electron chi connectivity index (χ2n) is 6.87. The molecule has 148 valence electrons. The number of amides is 1. The Bertz CT molecular complexity index is 1050. The van der Waals surface area contributed by atoms with E-state index in [0.717, 1.165) is 34.9 Å². The monoisotopic (exact) mass is 441 g/mol. The number of nitriles is 1. The van der Waals surface area contributed by atoms with Crippen LogP contribution in [0.1, 0.15) is 29.3 Å². The molecule has 1 aliphatic rings. The van der Waals surface area contributed by atoms with E-state index in [2.05, 4.69) is 33.8 Å². The molecule has 1 atom stereocenters.